The van der Waals surface area contributed by atoms with E-state index in [1.165, 1.54) is 4.90 Å². The largest absolute Gasteiger partial charge is 0.337 e. The van der Waals surface area contributed by atoms with E-state index in [0.29, 0.717) is 19.6 Å². The minimum atomic E-state index is -0.0858. The Morgan fingerprint density at radius 3 is 2.70 bits per heavy atom. The van der Waals surface area contributed by atoms with Crippen molar-refractivity contribution in [2.45, 2.75) is 6.54 Å². The maximum Gasteiger partial charge on any atom is 0.316 e. The number of para-hydroxylation sites is 2. The van der Waals surface area contributed by atoms with Crippen molar-refractivity contribution in [1.82, 2.24) is 25.5 Å². The van der Waals surface area contributed by atoms with E-state index in [4.69, 9.17) is 0 Å². The fourth-order valence-corrected chi connectivity index (χ4v) is 1.71. The highest BCUT2D eigenvalue weighted by atomic mass is 16.2. The number of hydrogen-bond donors (Lipinski definition) is 2. The average molecular weight is 273 g/mol. The van der Waals surface area contributed by atoms with Crippen molar-refractivity contribution in [3.63, 3.8) is 0 Å². The third kappa shape index (κ3) is 3.89. The maximum atomic E-state index is 11.3. The van der Waals surface area contributed by atoms with Gasteiger partial charge in [0.05, 0.1) is 22.9 Å². The third-order valence-corrected chi connectivity index (χ3v) is 2.79. The Balaban J connectivity index is 1.77. The van der Waals surface area contributed by atoms with E-state index in [-0.39, 0.29) is 6.03 Å². The second-order valence-electron chi connectivity index (χ2n) is 4.65. The van der Waals surface area contributed by atoms with Crippen LogP contribution in [0.2, 0.25) is 0 Å². The highest BCUT2D eigenvalue weighted by molar-refractivity contribution is 5.73. The lowest BCUT2D eigenvalue weighted by Gasteiger charge is -2.12. The molecule has 2 rings (SSSR count). The molecule has 0 saturated carbocycles. The zero-order valence-corrected chi connectivity index (χ0v) is 11.8. The lowest BCUT2D eigenvalue weighted by atomic mass is 10.3. The van der Waals surface area contributed by atoms with Gasteiger partial charge in [-0.05, 0) is 12.1 Å². The molecule has 2 N–H and O–H groups in total. The van der Waals surface area contributed by atoms with Crippen molar-refractivity contribution in [2.75, 3.05) is 27.2 Å². The Hall–Kier alpha value is -2.21. The van der Waals surface area contributed by atoms with Gasteiger partial charge in [-0.3, -0.25) is 4.98 Å². The maximum absolute atomic E-state index is 11.3. The summed E-state index contributed by atoms with van der Waals surface area (Å²) in [5.41, 5.74) is 2.69. The molecule has 0 radical (unpaired) electrons. The molecule has 1 heterocycles. The molecular weight excluding hydrogens is 254 g/mol. The molecule has 6 nitrogen and oxygen atoms in total. The summed E-state index contributed by atoms with van der Waals surface area (Å²) < 4.78 is 0. The van der Waals surface area contributed by atoms with Gasteiger partial charge in [0.2, 0.25) is 0 Å². The average Bonchev–Trinajstić information content (AvgIpc) is 2.46. The first-order valence-corrected chi connectivity index (χ1v) is 6.53. The summed E-state index contributed by atoms with van der Waals surface area (Å²) in [6, 6.07) is 7.70. The van der Waals surface area contributed by atoms with Crippen LogP contribution < -0.4 is 10.6 Å². The van der Waals surface area contributed by atoms with Crippen LogP contribution in [0.25, 0.3) is 11.0 Å². The topological polar surface area (TPSA) is 70.2 Å². The number of hydrogen-bond acceptors (Lipinski definition) is 4. The predicted molar refractivity (Wildman–Crippen MR) is 78.3 cm³/mol. The first-order chi connectivity index (χ1) is 9.66. The van der Waals surface area contributed by atoms with Crippen molar-refractivity contribution >= 4 is 17.1 Å². The Morgan fingerprint density at radius 2 is 1.95 bits per heavy atom. The summed E-state index contributed by atoms with van der Waals surface area (Å²) in [4.78, 5) is 21.7. The van der Waals surface area contributed by atoms with E-state index in [0.717, 1.165) is 16.7 Å². The second-order valence-corrected chi connectivity index (χ2v) is 4.65. The molecule has 0 spiro atoms. The van der Waals surface area contributed by atoms with Crippen molar-refractivity contribution in [1.29, 1.82) is 0 Å². The summed E-state index contributed by atoms with van der Waals surface area (Å²) >= 11 is 0. The molecule has 6 heteroatoms. The zero-order chi connectivity index (χ0) is 14.4. The van der Waals surface area contributed by atoms with Crippen LogP contribution in [0.1, 0.15) is 5.69 Å². The summed E-state index contributed by atoms with van der Waals surface area (Å²) in [7, 11) is 3.43. The summed E-state index contributed by atoms with van der Waals surface area (Å²) in [6.07, 6.45) is 1.77. The van der Waals surface area contributed by atoms with Crippen molar-refractivity contribution in [2.24, 2.45) is 0 Å². The number of carbonyl (C=O) groups is 1. The van der Waals surface area contributed by atoms with Gasteiger partial charge < -0.3 is 15.5 Å². The number of rotatable bonds is 5. The molecule has 106 valence electrons. The molecule has 0 fully saturated rings. The molecule has 2 aromatic rings. The number of carbonyl (C=O) groups excluding carboxylic acids is 1. The third-order valence-electron chi connectivity index (χ3n) is 2.79. The van der Waals surface area contributed by atoms with Gasteiger partial charge in [-0.25, -0.2) is 9.78 Å². The molecule has 0 saturated heterocycles. The van der Waals surface area contributed by atoms with E-state index in [9.17, 15) is 4.79 Å². The molecule has 0 bridgehead atoms. The lowest BCUT2D eigenvalue weighted by molar-refractivity contribution is 0.217. The number of benzene rings is 1. The molecule has 20 heavy (non-hydrogen) atoms. The highest BCUT2D eigenvalue weighted by Crippen LogP contribution is 2.07. The standard InChI is InChI=1S/C14H19N5O/c1-19(2)14(20)16-8-7-15-9-11-10-17-12-5-3-4-6-13(12)18-11/h3-6,10,15H,7-9H2,1-2H3,(H,16,20). The fourth-order valence-electron chi connectivity index (χ4n) is 1.71. The Morgan fingerprint density at radius 1 is 1.20 bits per heavy atom. The van der Waals surface area contributed by atoms with Crippen LogP contribution in [-0.4, -0.2) is 48.1 Å². The zero-order valence-electron chi connectivity index (χ0n) is 11.8. The van der Waals surface area contributed by atoms with Gasteiger partial charge in [-0.1, -0.05) is 12.1 Å². The molecule has 0 unspecified atom stereocenters. The molecule has 2 amide bonds. The minimum Gasteiger partial charge on any atom is -0.337 e. The second kappa shape index (κ2) is 6.81. The van der Waals surface area contributed by atoms with E-state index in [1.807, 2.05) is 24.3 Å². The van der Waals surface area contributed by atoms with E-state index >= 15 is 0 Å². The van der Waals surface area contributed by atoms with Crippen LogP contribution in [0.5, 0.6) is 0 Å². The minimum absolute atomic E-state index is 0.0858. The van der Waals surface area contributed by atoms with E-state index in [2.05, 4.69) is 20.6 Å². The Bertz CT molecular complexity index is 585. The first-order valence-electron chi connectivity index (χ1n) is 6.53. The fraction of sp³-hybridized carbons (Fsp3) is 0.357. The molecular formula is C14H19N5O. The van der Waals surface area contributed by atoms with E-state index in [1.54, 1.807) is 20.3 Å². The van der Waals surface area contributed by atoms with Gasteiger partial charge in [-0.15, -0.1) is 0 Å². The smallest absolute Gasteiger partial charge is 0.316 e. The van der Waals surface area contributed by atoms with Gasteiger partial charge in [0, 0.05) is 33.7 Å². The SMILES string of the molecule is CN(C)C(=O)NCCNCc1cnc2ccccc2n1. The molecule has 0 aliphatic carbocycles. The molecule has 0 atom stereocenters. The number of fused-ring (bicyclic) bond motifs is 1. The van der Waals surface area contributed by atoms with E-state index < -0.39 is 0 Å². The van der Waals surface area contributed by atoms with Crippen LogP contribution in [0, 0.1) is 0 Å². The van der Waals surface area contributed by atoms with Crippen LogP contribution in [0.15, 0.2) is 30.5 Å². The quantitative estimate of drug-likeness (QED) is 0.797. The summed E-state index contributed by atoms with van der Waals surface area (Å²) in [5, 5.41) is 6.01. The Labute approximate surface area is 118 Å². The molecule has 0 aliphatic rings. The summed E-state index contributed by atoms with van der Waals surface area (Å²) in [6.45, 7) is 1.90. The number of urea groups is 1. The lowest BCUT2D eigenvalue weighted by Crippen LogP contribution is -2.38. The van der Waals surface area contributed by atoms with Gasteiger partial charge in [0.25, 0.3) is 0 Å². The number of amides is 2. The highest BCUT2D eigenvalue weighted by Gasteiger charge is 2.01. The van der Waals surface area contributed by atoms with Crippen LogP contribution >= 0.6 is 0 Å². The Kier molecular flexibility index (Phi) is 4.84. The van der Waals surface area contributed by atoms with Gasteiger partial charge in [0.1, 0.15) is 0 Å². The normalized spacial score (nSPS) is 10.5. The van der Waals surface area contributed by atoms with Crippen LogP contribution in [0.3, 0.4) is 0 Å². The molecule has 1 aromatic heterocycles. The van der Waals surface area contributed by atoms with Crippen LogP contribution in [0.4, 0.5) is 4.79 Å². The van der Waals surface area contributed by atoms with Crippen molar-refractivity contribution in [3.05, 3.63) is 36.2 Å². The molecule has 1 aromatic carbocycles. The van der Waals surface area contributed by atoms with Crippen LogP contribution in [-0.2, 0) is 6.54 Å². The first kappa shape index (κ1) is 14.2. The number of nitrogens with one attached hydrogen (secondary N) is 2. The molecule has 0 aliphatic heterocycles. The van der Waals surface area contributed by atoms with Gasteiger partial charge >= 0.3 is 6.03 Å². The number of nitrogens with zero attached hydrogens (tertiary/aromatic N) is 3. The van der Waals surface area contributed by atoms with Crippen molar-refractivity contribution < 1.29 is 4.79 Å². The van der Waals surface area contributed by atoms with Crippen molar-refractivity contribution in [3.8, 4) is 0 Å². The summed E-state index contributed by atoms with van der Waals surface area (Å²) in [5.74, 6) is 0. The van der Waals surface area contributed by atoms with Gasteiger partial charge in [-0.2, -0.15) is 0 Å². The van der Waals surface area contributed by atoms with Gasteiger partial charge in [0.15, 0.2) is 0 Å². The predicted octanol–water partition coefficient (Wildman–Crippen LogP) is 0.991. The monoisotopic (exact) mass is 273 g/mol. The number of aromatic nitrogens is 2.